The average molecular weight is 174 g/mol. The summed E-state index contributed by atoms with van der Waals surface area (Å²) in [4.78, 5) is 14.5. The molecule has 3 heteroatoms. The molecule has 0 radical (unpaired) electrons. The van der Waals surface area contributed by atoms with E-state index in [1.54, 1.807) is 0 Å². The summed E-state index contributed by atoms with van der Waals surface area (Å²) in [7, 11) is 0. The predicted molar refractivity (Wildman–Crippen MR) is 52.6 cm³/mol. The number of amides is 1. The first kappa shape index (κ1) is 7.98. The van der Waals surface area contributed by atoms with Crippen molar-refractivity contribution >= 4 is 24.0 Å². The van der Waals surface area contributed by atoms with Gasteiger partial charge in [0, 0.05) is 11.9 Å². The van der Waals surface area contributed by atoms with Gasteiger partial charge in [0.05, 0.1) is 5.69 Å². The molecule has 3 nitrogen and oxygen atoms in total. The van der Waals surface area contributed by atoms with Crippen LogP contribution in [0.25, 0.3) is 0 Å². The van der Waals surface area contributed by atoms with E-state index in [1.807, 2.05) is 24.4 Å². The summed E-state index contributed by atoms with van der Waals surface area (Å²) < 4.78 is 0. The molecular formula is C10H10N2O. The Morgan fingerprint density at radius 1 is 1.46 bits per heavy atom. The molecule has 1 amide bonds. The number of fused-ring (bicyclic) bond motifs is 1. The highest BCUT2D eigenvalue weighted by molar-refractivity contribution is 5.75. The van der Waals surface area contributed by atoms with Gasteiger partial charge in [-0.2, -0.15) is 0 Å². The van der Waals surface area contributed by atoms with E-state index in [4.69, 9.17) is 0 Å². The summed E-state index contributed by atoms with van der Waals surface area (Å²) in [5.74, 6) is 0. The predicted octanol–water partition coefficient (Wildman–Crippen LogP) is 1.90. The number of carbonyl (C=O) groups excluding carboxylic acids is 1. The number of aliphatic imine (C=N–C) groups is 1. The molecule has 1 aromatic carbocycles. The fourth-order valence-electron chi connectivity index (χ4n) is 1.45. The van der Waals surface area contributed by atoms with Crippen LogP contribution in [0.4, 0.5) is 11.4 Å². The molecule has 1 N–H and O–H groups in total. The molecule has 0 atom stereocenters. The van der Waals surface area contributed by atoms with Gasteiger partial charge in [0.25, 0.3) is 0 Å². The number of nitrogens with zero attached hydrogens (tertiary/aromatic N) is 1. The first-order valence-electron chi connectivity index (χ1n) is 4.26. The van der Waals surface area contributed by atoms with E-state index in [1.165, 1.54) is 5.56 Å². The van der Waals surface area contributed by atoms with Gasteiger partial charge in [-0.05, 0) is 36.6 Å². The molecule has 66 valence electrons. The van der Waals surface area contributed by atoms with Crippen LogP contribution in [-0.4, -0.2) is 12.6 Å². The average Bonchev–Trinajstić information content (AvgIpc) is 2.18. The van der Waals surface area contributed by atoms with E-state index >= 15 is 0 Å². The summed E-state index contributed by atoms with van der Waals surface area (Å²) >= 11 is 0. The third-order valence-electron chi connectivity index (χ3n) is 2.08. The maximum atomic E-state index is 10.2. The molecular weight excluding hydrogens is 164 g/mol. The standard InChI is InChI=1S/C10H10N2O/c13-7-12-9-3-4-10-8(6-9)2-1-5-11-10/h3-7H,1-2H2,(H,12,13). The third-order valence-corrected chi connectivity index (χ3v) is 2.08. The zero-order chi connectivity index (χ0) is 9.10. The number of nitrogens with one attached hydrogen (secondary N) is 1. The highest BCUT2D eigenvalue weighted by Gasteiger charge is 2.05. The van der Waals surface area contributed by atoms with Gasteiger partial charge in [0.1, 0.15) is 0 Å². The quantitative estimate of drug-likeness (QED) is 0.683. The largest absolute Gasteiger partial charge is 0.329 e. The van der Waals surface area contributed by atoms with Crippen LogP contribution in [0, 0.1) is 0 Å². The van der Waals surface area contributed by atoms with E-state index < -0.39 is 0 Å². The van der Waals surface area contributed by atoms with Crippen molar-refractivity contribution in [1.29, 1.82) is 0 Å². The van der Waals surface area contributed by atoms with E-state index in [0.717, 1.165) is 24.2 Å². The Hall–Kier alpha value is -1.64. The summed E-state index contributed by atoms with van der Waals surface area (Å²) in [5, 5.41) is 2.63. The Balaban J connectivity index is 2.36. The summed E-state index contributed by atoms with van der Waals surface area (Å²) in [6.07, 6.45) is 4.60. The second-order valence-corrected chi connectivity index (χ2v) is 2.96. The molecule has 1 aliphatic heterocycles. The second kappa shape index (κ2) is 3.39. The van der Waals surface area contributed by atoms with Gasteiger partial charge in [0.15, 0.2) is 0 Å². The van der Waals surface area contributed by atoms with E-state index in [2.05, 4.69) is 10.3 Å². The van der Waals surface area contributed by atoms with Crippen LogP contribution in [0.15, 0.2) is 23.2 Å². The van der Waals surface area contributed by atoms with Crippen LogP contribution in [0.2, 0.25) is 0 Å². The monoisotopic (exact) mass is 174 g/mol. The molecule has 0 aliphatic carbocycles. The Labute approximate surface area is 76.5 Å². The highest BCUT2D eigenvalue weighted by Crippen LogP contribution is 2.26. The first-order valence-corrected chi connectivity index (χ1v) is 4.26. The van der Waals surface area contributed by atoms with Gasteiger partial charge in [-0.3, -0.25) is 9.79 Å². The minimum absolute atomic E-state index is 0.688. The normalized spacial score (nSPS) is 13.5. The fraction of sp³-hybridized carbons (Fsp3) is 0.200. The minimum Gasteiger partial charge on any atom is -0.329 e. The molecule has 1 heterocycles. The molecule has 13 heavy (non-hydrogen) atoms. The van der Waals surface area contributed by atoms with Crippen LogP contribution >= 0.6 is 0 Å². The number of hydrogen-bond donors (Lipinski definition) is 1. The molecule has 1 aliphatic rings. The van der Waals surface area contributed by atoms with E-state index in [9.17, 15) is 4.79 Å². The minimum atomic E-state index is 0.688. The number of rotatable bonds is 2. The molecule has 0 spiro atoms. The van der Waals surface area contributed by atoms with Gasteiger partial charge >= 0.3 is 0 Å². The summed E-state index contributed by atoms with van der Waals surface area (Å²) in [5.41, 5.74) is 3.06. The molecule has 1 aromatic rings. The Bertz CT molecular complexity index is 358. The third kappa shape index (κ3) is 1.59. The van der Waals surface area contributed by atoms with Crippen molar-refractivity contribution in [2.75, 3.05) is 5.32 Å². The van der Waals surface area contributed by atoms with Crippen LogP contribution in [0.1, 0.15) is 12.0 Å². The molecule has 0 fully saturated rings. The highest BCUT2D eigenvalue weighted by atomic mass is 16.1. The Morgan fingerprint density at radius 3 is 3.23 bits per heavy atom. The Morgan fingerprint density at radius 2 is 2.38 bits per heavy atom. The molecule has 0 saturated carbocycles. The van der Waals surface area contributed by atoms with Crippen molar-refractivity contribution in [1.82, 2.24) is 0 Å². The van der Waals surface area contributed by atoms with Crippen molar-refractivity contribution in [3.63, 3.8) is 0 Å². The lowest BCUT2D eigenvalue weighted by Crippen LogP contribution is -1.97. The number of hydrogen-bond acceptors (Lipinski definition) is 2. The maximum Gasteiger partial charge on any atom is 0.211 e. The van der Waals surface area contributed by atoms with E-state index in [0.29, 0.717) is 6.41 Å². The lowest BCUT2D eigenvalue weighted by molar-refractivity contribution is -0.105. The zero-order valence-electron chi connectivity index (χ0n) is 7.16. The van der Waals surface area contributed by atoms with Crippen LogP contribution in [0.5, 0.6) is 0 Å². The van der Waals surface area contributed by atoms with E-state index in [-0.39, 0.29) is 0 Å². The van der Waals surface area contributed by atoms with Gasteiger partial charge in [-0.15, -0.1) is 0 Å². The van der Waals surface area contributed by atoms with Crippen molar-refractivity contribution in [3.8, 4) is 0 Å². The fourth-order valence-corrected chi connectivity index (χ4v) is 1.45. The number of anilines is 1. The van der Waals surface area contributed by atoms with Crippen LogP contribution in [-0.2, 0) is 11.2 Å². The van der Waals surface area contributed by atoms with Crippen molar-refractivity contribution in [2.45, 2.75) is 12.8 Å². The van der Waals surface area contributed by atoms with Gasteiger partial charge < -0.3 is 5.32 Å². The lowest BCUT2D eigenvalue weighted by atomic mass is 10.0. The molecule has 2 rings (SSSR count). The second-order valence-electron chi connectivity index (χ2n) is 2.96. The number of carbonyl (C=O) groups is 1. The lowest BCUT2D eigenvalue weighted by Gasteiger charge is -2.10. The maximum absolute atomic E-state index is 10.2. The van der Waals surface area contributed by atoms with Crippen molar-refractivity contribution in [2.24, 2.45) is 4.99 Å². The number of aryl methyl sites for hydroxylation is 1. The van der Waals surface area contributed by atoms with Gasteiger partial charge in [-0.1, -0.05) is 0 Å². The molecule has 0 saturated heterocycles. The smallest absolute Gasteiger partial charge is 0.211 e. The molecule has 0 aromatic heterocycles. The first-order chi connectivity index (χ1) is 6.40. The molecule has 0 bridgehead atoms. The number of benzene rings is 1. The zero-order valence-corrected chi connectivity index (χ0v) is 7.16. The topological polar surface area (TPSA) is 41.5 Å². The summed E-state index contributed by atoms with van der Waals surface area (Å²) in [6, 6.07) is 5.76. The Kier molecular flexibility index (Phi) is 2.08. The van der Waals surface area contributed by atoms with Gasteiger partial charge in [0.2, 0.25) is 6.41 Å². The summed E-state index contributed by atoms with van der Waals surface area (Å²) in [6.45, 7) is 0. The van der Waals surface area contributed by atoms with Crippen LogP contribution < -0.4 is 5.32 Å². The van der Waals surface area contributed by atoms with Crippen molar-refractivity contribution < 1.29 is 4.79 Å². The SMILES string of the molecule is O=CNc1ccc2c(c1)CCC=N2. The van der Waals surface area contributed by atoms with Crippen LogP contribution in [0.3, 0.4) is 0 Å². The molecule has 0 unspecified atom stereocenters. The van der Waals surface area contributed by atoms with Gasteiger partial charge in [-0.25, -0.2) is 0 Å². The van der Waals surface area contributed by atoms with Crippen molar-refractivity contribution in [3.05, 3.63) is 23.8 Å².